The second-order valence-electron chi connectivity index (χ2n) is 9.31. The van der Waals surface area contributed by atoms with Gasteiger partial charge in [-0.15, -0.1) is 22.7 Å². The van der Waals surface area contributed by atoms with Crippen molar-refractivity contribution in [1.82, 2.24) is 0 Å². The van der Waals surface area contributed by atoms with Crippen molar-refractivity contribution in [2.24, 2.45) is 5.41 Å². The minimum atomic E-state index is 0.00771. The molecule has 0 spiro atoms. The third-order valence-corrected chi connectivity index (χ3v) is 10.5. The Morgan fingerprint density at radius 2 is 1.77 bits per heavy atom. The van der Waals surface area contributed by atoms with Gasteiger partial charge in [-0.2, -0.15) is 0 Å². The molecule has 26 heavy (non-hydrogen) atoms. The summed E-state index contributed by atoms with van der Waals surface area (Å²) in [4.78, 5) is 4.36. The second kappa shape index (κ2) is 4.74. The van der Waals surface area contributed by atoms with Gasteiger partial charge in [-0.25, -0.2) is 0 Å². The van der Waals surface area contributed by atoms with E-state index in [0.29, 0.717) is 6.04 Å². The highest BCUT2D eigenvalue weighted by molar-refractivity contribution is 7.37. The molecule has 1 nitrogen and oxygen atoms in total. The van der Waals surface area contributed by atoms with Crippen LogP contribution in [0.4, 0.5) is 5.69 Å². The molecule has 0 saturated carbocycles. The number of para-hydroxylation sites is 1. The second-order valence-corrected chi connectivity index (χ2v) is 11.5. The molecule has 0 amide bonds. The smallest absolute Gasteiger partial charge is 0.0872 e. The Morgan fingerprint density at radius 1 is 1.04 bits per heavy atom. The molecule has 136 valence electrons. The van der Waals surface area contributed by atoms with Crippen LogP contribution in [0, 0.1) is 12.3 Å². The van der Waals surface area contributed by atoms with E-state index in [0.717, 1.165) is 0 Å². The van der Waals surface area contributed by atoms with E-state index in [1.54, 1.807) is 10.4 Å². The maximum Gasteiger partial charge on any atom is 0.0872 e. The molecule has 3 aromatic rings. The molecule has 2 aliphatic heterocycles. The van der Waals surface area contributed by atoms with E-state index >= 15 is 0 Å². The molecular weight excluding hydrogens is 354 g/mol. The van der Waals surface area contributed by atoms with Crippen molar-refractivity contribution in [1.29, 1.82) is 0 Å². The first-order valence-corrected chi connectivity index (χ1v) is 11.2. The van der Waals surface area contributed by atoms with Crippen LogP contribution in [0.3, 0.4) is 0 Å². The summed E-state index contributed by atoms with van der Waals surface area (Å²) in [5.41, 5.74) is 6.16. The predicted octanol–water partition coefficient (Wildman–Crippen LogP) is 7.39. The van der Waals surface area contributed by atoms with Crippen LogP contribution in [-0.4, -0.2) is 0 Å². The summed E-state index contributed by atoms with van der Waals surface area (Å²) in [7, 11) is 0. The van der Waals surface area contributed by atoms with Gasteiger partial charge in [0.2, 0.25) is 0 Å². The van der Waals surface area contributed by atoms with Gasteiger partial charge in [0.25, 0.3) is 0 Å². The molecular formula is C23H27NS2. The third kappa shape index (κ3) is 1.56. The summed E-state index contributed by atoms with van der Waals surface area (Å²) in [5.74, 6) is 0. The molecule has 4 heterocycles. The summed E-state index contributed by atoms with van der Waals surface area (Å²) >= 11 is 3.94. The van der Waals surface area contributed by atoms with Crippen LogP contribution in [-0.2, 0) is 11.0 Å². The molecule has 0 fully saturated rings. The van der Waals surface area contributed by atoms with Crippen LogP contribution in [0.15, 0.2) is 29.6 Å². The first-order chi connectivity index (χ1) is 12.1. The molecule has 0 aliphatic carbocycles. The number of benzene rings is 1. The van der Waals surface area contributed by atoms with Gasteiger partial charge in [0.1, 0.15) is 0 Å². The van der Waals surface area contributed by atoms with Crippen LogP contribution in [0.25, 0.3) is 9.40 Å². The summed E-state index contributed by atoms with van der Waals surface area (Å²) in [6.07, 6.45) is 0. The zero-order chi connectivity index (χ0) is 18.6. The van der Waals surface area contributed by atoms with Crippen LogP contribution >= 0.6 is 22.7 Å². The van der Waals surface area contributed by atoms with E-state index in [1.807, 2.05) is 22.7 Å². The molecule has 0 radical (unpaired) electrons. The lowest BCUT2D eigenvalue weighted by molar-refractivity contribution is 0.0672. The molecule has 2 aliphatic rings. The molecule has 0 bridgehead atoms. The van der Waals surface area contributed by atoms with Crippen molar-refractivity contribution < 1.29 is 0 Å². The highest BCUT2D eigenvalue weighted by Gasteiger charge is 2.64. The lowest BCUT2D eigenvalue weighted by Crippen LogP contribution is -2.61. The van der Waals surface area contributed by atoms with Crippen LogP contribution in [0.1, 0.15) is 69.2 Å². The molecule has 0 N–H and O–H groups in total. The fraction of sp³-hybridized carbons (Fsp3) is 0.478. The first-order valence-electron chi connectivity index (χ1n) is 9.54. The minimum absolute atomic E-state index is 0.00771. The average molecular weight is 382 g/mol. The molecule has 2 atom stereocenters. The number of anilines is 1. The highest BCUT2D eigenvalue weighted by Crippen LogP contribution is 2.69. The lowest BCUT2D eigenvalue weighted by Gasteiger charge is -2.62. The SMILES string of the molecule is Cc1cccc2c1N1[C@@H](C)c3c(sc4sccc34)C1(C)C(C)(C)C2(C)C. The molecule has 0 saturated heterocycles. The Bertz CT molecular complexity index is 1050. The maximum absolute atomic E-state index is 2.77. The van der Waals surface area contributed by atoms with E-state index in [1.165, 1.54) is 26.2 Å². The largest absolute Gasteiger partial charge is 0.353 e. The monoisotopic (exact) mass is 381 g/mol. The molecule has 5 rings (SSSR count). The van der Waals surface area contributed by atoms with Gasteiger partial charge in [0.05, 0.1) is 15.6 Å². The van der Waals surface area contributed by atoms with Gasteiger partial charge in [0.15, 0.2) is 0 Å². The number of hydrogen-bond acceptors (Lipinski definition) is 3. The zero-order valence-electron chi connectivity index (χ0n) is 16.7. The minimum Gasteiger partial charge on any atom is -0.353 e. The van der Waals surface area contributed by atoms with Crippen molar-refractivity contribution >= 4 is 37.8 Å². The van der Waals surface area contributed by atoms with E-state index in [4.69, 9.17) is 0 Å². The topological polar surface area (TPSA) is 3.24 Å². The summed E-state index contributed by atoms with van der Waals surface area (Å²) in [6, 6.07) is 9.64. The van der Waals surface area contributed by atoms with Crippen LogP contribution in [0.2, 0.25) is 0 Å². The lowest BCUT2D eigenvalue weighted by atomic mass is 9.52. The van der Waals surface area contributed by atoms with E-state index in [2.05, 4.69) is 83.0 Å². The van der Waals surface area contributed by atoms with E-state index in [9.17, 15) is 0 Å². The Kier molecular flexibility index (Phi) is 3.07. The maximum atomic E-state index is 2.77. The number of rotatable bonds is 0. The van der Waals surface area contributed by atoms with Gasteiger partial charge in [-0.05, 0) is 54.3 Å². The van der Waals surface area contributed by atoms with Gasteiger partial charge in [-0.1, -0.05) is 45.9 Å². The van der Waals surface area contributed by atoms with Crippen molar-refractivity contribution in [3.8, 4) is 0 Å². The zero-order valence-corrected chi connectivity index (χ0v) is 18.4. The van der Waals surface area contributed by atoms with Gasteiger partial charge in [0, 0.05) is 21.4 Å². The number of hydrogen-bond donors (Lipinski definition) is 0. The van der Waals surface area contributed by atoms with Crippen molar-refractivity contribution in [3.63, 3.8) is 0 Å². The van der Waals surface area contributed by atoms with Gasteiger partial charge >= 0.3 is 0 Å². The molecule has 1 aromatic carbocycles. The molecule has 3 heteroatoms. The Morgan fingerprint density at radius 3 is 2.50 bits per heavy atom. The number of fused-ring (bicyclic) bond motifs is 7. The molecule has 1 unspecified atom stereocenters. The quantitative estimate of drug-likeness (QED) is 0.392. The van der Waals surface area contributed by atoms with E-state index < -0.39 is 0 Å². The fourth-order valence-corrected chi connectivity index (χ4v) is 8.33. The van der Waals surface area contributed by atoms with Crippen LogP contribution in [0.5, 0.6) is 0 Å². The van der Waals surface area contributed by atoms with Crippen molar-refractivity contribution in [2.45, 2.75) is 65.5 Å². The Labute approximate surface area is 164 Å². The molecule has 2 aromatic heterocycles. The third-order valence-electron chi connectivity index (χ3n) is 8.02. The average Bonchev–Trinajstić information content (AvgIpc) is 3.19. The standard InChI is InChI=1S/C23H27NS2/c1-13-9-8-10-16-18(13)24-14(2)17-15-11-12-25-20(15)26-19(17)23(24,7)22(5,6)21(16,3)4/h8-12,14H,1-7H3/t14-,23?/m0/s1. The number of aryl methyl sites for hydroxylation is 1. The number of nitrogens with zero attached hydrogens (tertiary/aromatic N) is 1. The van der Waals surface area contributed by atoms with Gasteiger partial charge < -0.3 is 4.90 Å². The van der Waals surface area contributed by atoms with Crippen LogP contribution < -0.4 is 4.90 Å². The predicted molar refractivity (Wildman–Crippen MR) is 116 cm³/mol. The summed E-state index contributed by atoms with van der Waals surface area (Å²) < 4.78 is 1.49. The Hall–Kier alpha value is -1.32. The Balaban J connectivity index is 1.94. The van der Waals surface area contributed by atoms with Crippen molar-refractivity contribution in [2.75, 3.05) is 4.90 Å². The normalized spacial score (nSPS) is 28.1. The van der Waals surface area contributed by atoms with E-state index in [-0.39, 0.29) is 16.4 Å². The first kappa shape index (κ1) is 16.8. The fourth-order valence-electron chi connectivity index (χ4n) is 5.68. The summed E-state index contributed by atoms with van der Waals surface area (Å²) in [6.45, 7) is 17.1. The summed E-state index contributed by atoms with van der Waals surface area (Å²) in [5, 5.41) is 3.74. The highest BCUT2D eigenvalue weighted by atomic mass is 32.2. The van der Waals surface area contributed by atoms with Gasteiger partial charge in [-0.3, -0.25) is 0 Å². The van der Waals surface area contributed by atoms with Crippen molar-refractivity contribution in [3.05, 3.63) is 51.2 Å². The number of thiophene rings is 2.